The Morgan fingerprint density at radius 1 is 1.31 bits per heavy atom. The van der Waals surface area contributed by atoms with Crippen molar-refractivity contribution in [1.82, 2.24) is 20.5 Å². The van der Waals surface area contributed by atoms with E-state index in [1.165, 1.54) is 6.07 Å². The summed E-state index contributed by atoms with van der Waals surface area (Å²) < 4.78 is 9.96. The molecule has 0 aliphatic carbocycles. The van der Waals surface area contributed by atoms with Crippen LogP contribution in [0.25, 0.3) is 0 Å². The first kappa shape index (κ1) is 18.1. The minimum atomic E-state index is -0.852. The summed E-state index contributed by atoms with van der Waals surface area (Å²) in [6.07, 6.45) is -0.213. The van der Waals surface area contributed by atoms with Crippen molar-refractivity contribution in [2.45, 2.75) is 45.8 Å². The molecule has 0 bridgehead atoms. The highest BCUT2D eigenvalue weighted by atomic mass is 16.5. The summed E-state index contributed by atoms with van der Waals surface area (Å²) in [5, 5.41) is 20.6. The molecule has 1 fully saturated rings. The van der Waals surface area contributed by atoms with Crippen LogP contribution in [-0.2, 0) is 11.2 Å². The molecule has 0 radical (unpaired) electrons. The van der Waals surface area contributed by atoms with Crippen LogP contribution in [0.1, 0.15) is 39.7 Å². The van der Waals surface area contributed by atoms with Crippen LogP contribution in [0, 0.1) is 20.8 Å². The van der Waals surface area contributed by atoms with Crippen molar-refractivity contribution in [3.63, 3.8) is 0 Å². The maximum absolute atomic E-state index is 12.5. The number of hydrogen-bond donors (Lipinski definition) is 2. The Labute approximate surface area is 150 Å². The standard InChI is InChI=1S/C17H22N4O5/c1-9-6-14(20-25-9)17(24)18-13-4-5-21(8-15(13)22)16(23)7-12-10(2)19-26-11(12)3/h6,13,15,22H,4-5,7-8H2,1-3H3,(H,18,24)/t13-,15-/m1/s1. The Morgan fingerprint density at radius 3 is 2.65 bits per heavy atom. The summed E-state index contributed by atoms with van der Waals surface area (Å²) in [6.45, 7) is 5.86. The summed E-state index contributed by atoms with van der Waals surface area (Å²) >= 11 is 0. The Kier molecular flexibility index (Phi) is 5.08. The third-order valence-electron chi connectivity index (χ3n) is 4.62. The first-order chi connectivity index (χ1) is 12.3. The number of aliphatic hydroxyl groups is 1. The molecule has 2 amide bonds. The molecule has 0 saturated carbocycles. The van der Waals surface area contributed by atoms with E-state index in [1.807, 2.05) is 0 Å². The van der Waals surface area contributed by atoms with Gasteiger partial charge in [0.25, 0.3) is 5.91 Å². The predicted molar refractivity (Wildman–Crippen MR) is 89.4 cm³/mol. The van der Waals surface area contributed by atoms with Gasteiger partial charge in [0.05, 0.1) is 24.3 Å². The molecular weight excluding hydrogens is 340 g/mol. The molecule has 9 heteroatoms. The van der Waals surface area contributed by atoms with E-state index < -0.39 is 18.1 Å². The van der Waals surface area contributed by atoms with Gasteiger partial charge in [-0.1, -0.05) is 10.3 Å². The van der Waals surface area contributed by atoms with E-state index >= 15 is 0 Å². The largest absolute Gasteiger partial charge is 0.389 e. The highest BCUT2D eigenvalue weighted by Crippen LogP contribution is 2.17. The van der Waals surface area contributed by atoms with Crippen molar-refractivity contribution in [1.29, 1.82) is 0 Å². The topological polar surface area (TPSA) is 122 Å². The van der Waals surface area contributed by atoms with E-state index in [1.54, 1.807) is 25.7 Å². The van der Waals surface area contributed by atoms with Crippen LogP contribution in [0.2, 0.25) is 0 Å². The molecule has 26 heavy (non-hydrogen) atoms. The lowest BCUT2D eigenvalue weighted by atomic mass is 10.0. The lowest BCUT2D eigenvalue weighted by Crippen LogP contribution is -2.55. The number of nitrogens with zero attached hydrogens (tertiary/aromatic N) is 3. The number of aryl methyl sites for hydroxylation is 3. The summed E-state index contributed by atoms with van der Waals surface area (Å²) in [7, 11) is 0. The molecule has 0 unspecified atom stereocenters. The zero-order valence-electron chi connectivity index (χ0n) is 15.0. The number of aliphatic hydroxyl groups excluding tert-OH is 1. The van der Waals surface area contributed by atoms with Gasteiger partial charge >= 0.3 is 0 Å². The van der Waals surface area contributed by atoms with Crippen LogP contribution in [-0.4, -0.2) is 57.4 Å². The van der Waals surface area contributed by atoms with Crippen LogP contribution in [0.4, 0.5) is 0 Å². The lowest BCUT2D eigenvalue weighted by molar-refractivity contribution is -0.134. The second-order valence-electron chi connectivity index (χ2n) is 6.58. The van der Waals surface area contributed by atoms with Crippen molar-refractivity contribution >= 4 is 11.8 Å². The minimum Gasteiger partial charge on any atom is -0.389 e. The summed E-state index contributed by atoms with van der Waals surface area (Å²) in [5.74, 6) is 0.661. The number of likely N-dealkylation sites (tertiary alicyclic amines) is 1. The third kappa shape index (κ3) is 3.77. The number of hydrogen-bond acceptors (Lipinski definition) is 7. The number of carbonyl (C=O) groups is 2. The highest BCUT2D eigenvalue weighted by molar-refractivity contribution is 5.92. The molecule has 2 aromatic heterocycles. The molecule has 0 aromatic carbocycles. The zero-order chi connectivity index (χ0) is 18.8. The van der Waals surface area contributed by atoms with Gasteiger partial charge in [0.1, 0.15) is 11.5 Å². The fourth-order valence-corrected chi connectivity index (χ4v) is 3.06. The second-order valence-corrected chi connectivity index (χ2v) is 6.58. The fraction of sp³-hybridized carbons (Fsp3) is 0.529. The number of piperidine rings is 1. The van der Waals surface area contributed by atoms with Gasteiger partial charge in [-0.05, 0) is 27.2 Å². The van der Waals surface area contributed by atoms with Crippen molar-refractivity contribution in [2.24, 2.45) is 0 Å². The van der Waals surface area contributed by atoms with Crippen molar-refractivity contribution in [3.05, 3.63) is 34.5 Å². The predicted octanol–water partition coefficient (Wildman–Crippen LogP) is 0.522. The molecule has 1 aliphatic rings. The van der Waals surface area contributed by atoms with Crippen LogP contribution >= 0.6 is 0 Å². The van der Waals surface area contributed by atoms with Crippen LogP contribution in [0.5, 0.6) is 0 Å². The Balaban J connectivity index is 1.56. The monoisotopic (exact) mass is 362 g/mol. The maximum atomic E-state index is 12.5. The van der Waals surface area contributed by atoms with E-state index in [4.69, 9.17) is 9.05 Å². The molecule has 3 heterocycles. The van der Waals surface area contributed by atoms with Gasteiger partial charge in [-0.25, -0.2) is 0 Å². The molecular formula is C17H22N4O5. The average molecular weight is 362 g/mol. The molecule has 3 rings (SSSR count). The Hall–Kier alpha value is -2.68. The molecule has 140 valence electrons. The van der Waals surface area contributed by atoms with Gasteiger partial charge in [-0.2, -0.15) is 0 Å². The number of nitrogens with one attached hydrogen (secondary N) is 1. The summed E-state index contributed by atoms with van der Waals surface area (Å²) in [4.78, 5) is 26.2. The average Bonchev–Trinajstić information content (AvgIpc) is 3.17. The summed E-state index contributed by atoms with van der Waals surface area (Å²) in [5.41, 5.74) is 1.65. The number of amides is 2. The summed E-state index contributed by atoms with van der Waals surface area (Å²) in [6, 6.07) is 1.09. The van der Waals surface area contributed by atoms with Gasteiger partial charge < -0.3 is 24.4 Å². The lowest BCUT2D eigenvalue weighted by Gasteiger charge is -2.36. The normalized spacial score (nSPS) is 20.2. The van der Waals surface area contributed by atoms with Crippen molar-refractivity contribution in [2.75, 3.05) is 13.1 Å². The molecule has 9 nitrogen and oxygen atoms in total. The molecule has 1 aliphatic heterocycles. The zero-order valence-corrected chi connectivity index (χ0v) is 15.0. The van der Waals surface area contributed by atoms with E-state index in [2.05, 4.69) is 15.6 Å². The highest BCUT2D eigenvalue weighted by Gasteiger charge is 2.32. The van der Waals surface area contributed by atoms with Crippen LogP contribution < -0.4 is 5.32 Å². The minimum absolute atomic E-state index is 0.102. The smallest absolute Gasteiger partial charge is 0.273 e. The number of β-amino-alcohol motifs (C(OH)–C–C–N with tert-alkyl or cyclic N) is 1. The van der Waals surface area contributed by atoms with Crippen molar-refractivity contribution < 1.29 is 23.7 Å². The van der Waals surface area contributed by atoms with Crippen LogP contribution in [0.3, 0.4) is 0 Å². The fourth-order valence-electron chi connectivity index (χ4n) is 3.06. The first-order valence-electron chi connectivity index (χ1n) is 8.47. The SMILES string of the molecule is Cc1cc(C(=O)N[C@@H]2CCN(C(=O)Cc3c(C)noc3C)C[C@H]2O)no1. The Bertz CT molecular complexity index is 792. The number of rotatable bonds is 4. The molecule has 1 saturated heterocycles. The van der Waals surface area contributed by atoms with Crippen LogP contribution in [0.15, 0.2) is 15.1 Å². The van der Waals surface area contributed by atoms with Gasteiger partial charge in [-0.15, -0.1) is 0 Å². The van der Waals surface area contributed by atoms with E-state index in [9.17, 15) is 14.7 Å². The first-order valence-corrected chi connectivity index (χ1v) is 8.47. The maximum Gasteiger partial charge on any atom is 0.273 e. The molecule has 2 atom stereocenters. The third-order valence-corrected chi connectivity index (χ3v) is 4.62. The van der Waals surface area contributed by atoms with E-state index in [0.29, 0.717) is 30.2 Å². The second kappa shape index (κ2) is 7.28. The van der Waals surface area contributed by atoms with Gasteiger partial charge in [-0.3, -0.25) is 9.59 Å². The molecule has 0 spiro atoms. The van der Waals surface area contributed by atoms with Crippen molar-refractivity contribution in [3.8, 4) is 0 Å². The van der Waals surface area contributed by atoms with Gasteiger partial charge in [0.2, 0.25) is 5.91 Å². The van der Waals surface area contributed by atoms with E-state index in [-0.39, 0.29) is 24.6 Å². The van der Waals surface area contributed by atoms with Gasteiger partial charge in [0.15, 0.2) is 5.69 Å². The number of carbonyl (C=O) groups excluding carboxylic acids is 2. The quantitative estimate of drug-likeness (QED) is 0.813. The van der Waals surface area contributed by atoms with E-state index in [0.717, 1.165) is 5.56 Å². The number of aromatic nitrogens is 2. The Morgan fingerprint density at radius 2 is 2.08 bits per heavy atom. The van der Waals surface area contributed by atoms with Gasteiger partial charge in [0, 0.05) is 24.7 Å². The molecule has 2 aromatic rings. The molecule has 2 N–H and O–H groups in total.